The van der Waals surface area contributed by atoms with Gasteiger partial charge in [-0.1, -0.05) is 48.0 Å². The minimum Gasteiger partial charge on any atom is -0.308 e. The molecule has 0 fully saturated rings. The molecule has 1 N–H and O–H groups in total. The summed E-state index contributed by atoms with van der Waals surface area (Å²) in [7, 11) is 0. The topological polar surface area (TPSA) is 55.1 Å². The van der Waals surface area contributed by atoms with Crippen LogP contribution in [0.25, 0.3) is 11.5 Å². The van der Waals surface area contributed by atoms with Crippen molar-refractivity contribution in [2.45, 2.75) is 26.4 Å². The van der Waals surface area contributed by atoms with Gasteiger partial charge in [0.05, 0.1) is 29.7 Å². The van der Waals surface area contributed by atoms with E-state index in [-0.39, 0.29) is 11.8 Å². The number of aromatic nitrogens is 3. The fourth-order valence-electron chi connectivity index (χ4n) is 5.01. The maximum absolute atomic E-state index is 14.3. The van der Waals surface area contributed by atoms with E-state index < -0.39 is 6.04 Å². The lowest BCUT2D eigenvalue weighted by atomic mass is 10.0. The minimum atomic E-state index is -0.436. The molecule has 3 aromatic carbocycles. The molecule has 0 bridgehead atoms. The summed E-state index contributed by atoms with van der Waals surface area (Å²) in [5.41, 5.74) is 5.38. The third-order valence-corrected chi connectivity index (χ3v) is 7.21. The van der Waals surface area contributed by atoms with Gasteiger partial charge in [0.25, 0.3) is 0 Å². The molecule has 5 aromatic rings. The van der Waals surface area contributed by atoms with Crippen LogP contribution in [0.1, 0.15) is 34.1 Å². The van der Waals surface area contributed by atoms with Gasteiger partial charge in [-0.2, -0.15) is 5.10 Å². The zero-order chi connectivity index (χ0) is 26.4. The van der Waals surface area contributed by atoms with Crippen LogP contribution in [0.15, 0.2) is 91.1 Å². The molecule has 190 valence electrons. The molecule has 2 aromatic heterocycles. The van der Waals surface area contributed by atoms with Crippen LogP contribution >= 0.6 is 11.6 Å². The Kier molecular flexibility index (Phi) is 6.00. The average Bonchev–Trinajstić information content (AvgIpc) is 3.48. The molecular weight excluding hydrogens is 501 g/mol. The number of fused-ring (bicyclic) bond motifs is 3. The van der Waals surface area contributed by atoms with Crippen LogP contribution in [0.5, 0.6) is 0 Å². The smallest absolute Gasteiger partial charge is 0.308 e. The lowest BCUT2D eigenvalue weighted by Crippen LogP contribution is -2.38. The van der Waals surface area contributed by atoms with Crippen LogP contribution in [0, 0.1) is 19.7 Å². The predicted octanol–water partition coefficient (Wildman–Crippen LogP) is 7.21. The first-order chi connectivity index (χ1) is 18.4. The minimum absolute atomic E-state index is 0.295. The fourth-order valence-corrected chi connectivity index (χ4v) is 5.14. The van der Waals surface area contributed by atoms with Crippen molar-refractivity contribution < 1.29 is 9.18 Å². The largest absolute Gasteiger partial charge is 0.322 e. The molecule has 8 heteroatoms. The number of benzene rings is 3. The summed E-state index contributed by atoms with van der Waals surface area (Å²) in [6.45, 7) is 3.94. The number of para-hydroxylation sites is 1. The Bertz CT molecular complexity index is 1640. The highest BCUT2D eigenvalue weighted by Gasteiger charge is 2.36. The molecule has 6 nitrogen and oxygen atoms in total. The normalized spacial score (nSPS) is 14.5. The Morgan fingerprint density at radius 2 is 1.76 bits per heavy atom. The second kappa shape index (κ2) is 9.50. The number of aryl methyl sites for hydroxylation is 2. The van der Waals surface area contributed by atoms with Crippen LogP contribution in [0.4, 0.5) is 14.9 Å². The van der Waals surface area contributed by atoms with E-state index in [2.05, 4.69) is 9.88 Å². The first-order valence-electron chi connectivity index (χ1n) is 12.3. The second-order valence-electron chi connectivity index (χ2n) is 9.41. The molecule has 38 heavy (non-hydrogen) atoms. The third kappa shape index (κ3) is 4.15. The summed E-state index contributed by atoms with van der Waals surface area (Å²) < 4.78 is 18.3. The second-order valence-corrected chi connectivity index (χ2v) is 9.85. The number of nitrogens with one attached hydrogen (secondary N) is 1. The van der Waals surface area contributed by atoms with E-state index in [1.54, 1.807) is 24.0 Å². The molecule has 1 aliphatic rings. The van der Waals surface area contributed by atoms with Crippen molar-refractivity contribution in [3.8, 4) is 11.5 Å². The number of nitrogens with zero attached hydrogens (tertiary/aromatic N) is 4. The molecule has 0 radical (unpaired) electrons. The van der Waals surface area contributed by atoms with Gasteiger partial charge in [-0.15, -0.1) is 0 Å². The van der Waals surface area contributed by atoms with E-state index in [0.29, 0.717) is 22.8 Å². The Morgan fingerprint density at radius 3 is 2.50 bits per heavy atom. The van der Waals surface area contributed by atoms with E-state index in [4.69, 9.17) is 16.7 Å². The van der Waals surface area contributed by atoms with Crippen LogP contribution < -0.4 is 5.32 Å². The maximum atomic E-state index is 14.3. The standard InChI is InChI=1S/C30H25ClFN5O/c1-19-10-15-23(17-26(19)32)33-30(38)36-18-25-20(2)34-37(24-7-4-3-5-8-24)29(25)35-16-6-9-27(35)28(36)21-11-13-22(31)14-12-21/h3-17,28H,18H2,1-2H3,(H,33,38)/t28-/m0/s1. The first-order valence-corrected chi connectivity index (χ1v) is 12.7. The Morgan fingerprint density at radius 1 is 1.00 bits per heavy atom. The molecule has 0 unspecified atom stereocenters. The summed E-state index contributed by atoms with van der Waals surface area (Å²) in [5, 5.41) is 8.39. The Hall–Kier alpha value is -4.36. The molecule has 0 saturated heterocycles. The zero-order valence-corrected chi connectivity index (χ0v) is 21.7. The van der Waals surface area contributed by atoms with E-state index in [1.807, 2.05) is 84.5 Å². The van der Waals surface area contributed by atoms with Gasteiger partial charge in [-0.05, 0) is 73.5 Å². The Balaban J connectivity index is 1.52. The number of hydrogen-bond donors (Lipinski definition) is 1. The maximum Gasteiger partial charge on any atom is 0.322 e. The van der Waals surface area contributed by atoms with E-state index >= 15 is 0 Å². The highest BCUT2D eigenvalue weighted by molar-refractivity contribution is 6.30. The summed E-state index contributed by atoms with van der Waals surface area (Å²) in [4.78, 5) is 15.7. The molecule has 0 saturated carbocycles. The van der Waals surface area contributed by atoms with Crippen molar-refractivity contribution in [2.75, 3.05) is 5.32 Å². The summed E-state index contributed by atoms with van der Waals surface area (Å²) in [5.74, 6) is 0.508. The third-order valence-electron chi connectivity index (χ3n) is 6.96. The van der Waals surface area contributed by atoms with Crippen molar-refractivity contribution in [1.29, 1.82) is 0 Å². The molecule has 1 aliphatic heterocycles. The highest BCUT2D eigenvalue weighted by Crippen LogP contribution is 2.39. The molecular formula is C30H25ClFN5O. The van der Waals surface area contributed by atoms with Gasteiger partial charge in [-0.3, -0.25) is 0 Å². The van der Waals surface area contributed by atoms with Crippen molar-refractivity contribution in [3.63, 3.8) is 0 Å². The number of anilines is 1. The fraction of sp³-hybridized carbons (Fsp3) is 0.133. The number of carbonyl (C=O) groups is 1. The number of rotatable bonds is 3. The number of urea groups is 1. The van der Waals surface area contributed by atoms with Crippen LogP contribution in [-0.4, -0.2) is 25.3 Å². The highest BCUT2D eigenvalue weighted by atomic mass is 35.5. The average molecular weight is 526 g/mol. The molecule has 0 aliphatic carbocycles. The van der Waals surface area contributed by atoms with E-state index in [9.17, 15) is 9.18 Å². The van der Waals surface area contributed by atoms with Crippen LogP contribution in [0.3, 0.4) is 0 Å². The summed E-state index contributed by atoms with van der Waals surface area (Å²) >= 11 is 6.22. The summed E-state index contributed by atoms with van der Waals surface area (Å²) in [6.07, 6.45) is 1.99. The van der Waals surface area contributed by atoms with Crippen molar-refractivity contribution in [3.05, 3.63) is 130 Å². The molecule has 6 rings (SSSR count). The van der Waals surface area contributed by atoms with Gasteiger partial charge in [0, 0.05) is 22.5 Å². The van der Waals surface area contributed by atoms with E-state index in [0.717, 1.165) is 34.0 Å². The van der Waals surface area contributed by atoms with Crippen LogP contribution in [-0.2, 0) is 6.54 Å². The van der Waals surface area contributed by atoms with Gasteiger partial charge in [0.15, 0.2) is 0 Å². The number of carbonyl (C=O) groups excluding carboxylic acids is 1. The monoisotopic (exact) mass is 525 g/mol. The SMILES string of the molecule is Cc1ccc(NC(=O)N2Cc3c(C)nn(-c4ccccc4)c3-n3cccc3[C@@H]2c2ccc(Cl)cc2)cc1F. The van der Waals surface area contributed by atoms with Crippen molar-refractivity contribution in [2.24, 2.45) is 0 Å². The van der Waals surface area contributed by atoms with Gasteiger partial charge in [0.2, 0.25) is 0 Å². The van der Waals surface area contributed by atoms with Gasteiger partial charge in [-0.25, -0.2) is 13.9 Å². The Labute approximate surface area is 224 Å². The predicted molar refractivity (Wildman–Crippen MR) is 147 cm³/mol. The number of hydrogen-bond acceptors (Lipinski definition) is 2. The van der Waals surface area contributed by atoms with Gasteiger partial charge in [0.1, 0.15) is 11.6 Å². The molecule has 2 amide bonds. The van der Waals surface area contributed by atoms with E-state index in [1.165, 1.54) is 6.07 Å². The molecule has 1 atom stereocenters. The van der Waals surface area contributed by atoms with Crippen molar-refractivity contribution in [1.82, 2.24) is 19.2 Å². The van der Waals surface area contributed by atoms with Crippen LogP contribution in [0.2, 0.25) is 5.02 Å². The number of amides is 2. The number of halogens is 2. The van der Waals surface area contributed by atoms with Gasteiger partial charge < -0.3 is 14.8 Å². The lowest BCUT2D eigenvalue weighted by molar-refractivity contribution is 0.194. The van der Waals surface area contributed by atoms with Gasteiger partial charge >= 0.3 is 6.03 Å². The molecule has 3 heterocycles. The zero-order valence-electron chi connectivity index (χ0n) is 20.9. The quantitative estimate of drug-likeness (QED) is 0.270. The van der Waals surface area contributed by atoms with Crippen molar-refractivity contribution >= 4 is 23.3 Å². The first kappa shape index (κ1) is 24.0. The summed E-state index contributed by atoms with van der Waals surface area (Å²) in [6, 6.07) is 25.3. The molecule has 0 spiro atoms. The lowest BCUT2D eigenvalue weighted by Gasteiger charge is -2.31.